The van der Waals surface area contributed by atoms with Crippen LogP contribution in [0.4, 0.5) is 10.1 Å². The summed E-state index contributed by atoms with van der Waals surface area (Å²) >= 11 is 0. The van der Waals surface area contributed by atoms with Crippen LogP contribution in [0.1, 0.15) is 70.5 Å². The van der Waals surface area contributed by atoms with Crippen molar-refractivity contribution < 1.29 is 31.3 Å². The van der Waals surface area contributed by atoms with Crippen LogP contribution in [0, 0.1) is 5.92 Å². The highest BCUT2D eigenvalue weighted by atomic mass is 32.2. The molecule has 0 atom stereocenters. The van der Waals surface area contributed by atoms with E-state index in [-0.39, 0.29) is 24.1 Å². The summed E-state index contributed by atoms with van der Waals surface area (Å²) in [5.74, 6) is -0.0410. The van der Waals surface area contributed by atoms with Gasteiger partial charge in [-0.15, -0.1) is 0 Å². The minimum Gasteiger partial charge on any atom is -0.460 e. The molecular formula is C26H38BFN2O6S. The molecule has 8 nitrogen and oxygen atoms in total. The quantitative estimate of drug-likeness (QED) is 0.480. The third-order valence-corrected chi connectivity index (χ3v) is 8.23. The molecule has 1 fully saturated rings. The van der Waals surface area contributed by atoms with Gasteiger partial charge in [-0.1, -0.05) is 19.9 Å². The molecule has 37 heavy (non-hydrogen) atoms. The predicted octanol–water partition coefficient (Wildman–Crippen LogP) is 4.32. The number of carbonyl (C=O) groups is 1. The van der Waals surface area contributed by atoms with E-state index < -0.39 is 28.3 Å². The molecule has 204 valence electrons. The van der Waals surface area contributed by atoms with E-state index in [1.54, 1.807) is 18.2 Å². The Morgan fingerprint density at radius 3 is 2.30 bits per heavy atom. The van der Waals surface area contributed by atoms with Crippen molar-refractivity contribution in [2.75, 3.05) is 24.7 Å². The van der Waals surface area contributed by atoms with Crippen molar-refractivity contribution in [1.29, 1.82) is 0 Å². The Morgan fingerprint density at radius 1 is 1.19 bits per heavy atom. The van der Waals surface area contributed by atoms with Crippen LogP contribution in [-0.2, 0) is 25.8 Å². The Kier molecular flexibility index (Phi) is 8.22. The first-order valence-electron chi connectivity index (χ1n) is 12.5. The van der Waals surface area contributed by atoms with E-state index in [4.69, 9.17) is 13.7 Å². The lowest BCUT2D eigenvalue weighted by atomic mass is 9.77. The highest BCUT2D eigenvalue weighted by molar-refractivity contribution is 7.92. The number of fused-ring (bicyclic) bond motifs is 1. The Morgan fingerprint density at radius 2 is 1.78 bits per heavy atom. The van der Waals surface area contributed by atoms with Crippen LogP contribution < -0.4 is 15.1 Å². The van der Waals surface area contributed by atoms with Gasteiger partial charge < -0.3 is 19.0 Å². The van der Waals surface area contributed by atoms with Gasteiger partial charge in [-0.2, -0.15) is 0 Å². The van der Waals surface area contributed by atoms with E-state index >= 15 is 0 Å². The molecule has 1 aliphatic rings. The minimum absolute atomic E-state index is 0.103. The number of nitrogens with zero attached hydrogens (tertiary/aromatic N) is 1. The van der Waals surface area contributed by atoms with Crippen molar-refractivity contribution in [3.05, 3.63) is 35.4 Å². The summed E-state index contributed by atoms with van der Waals surface area (Å²) in [6.07, 6.45) is 3.68. The monoisotopic (exact) mass is 536 g/mol. The first-order valence-corrected chi connectivity index (χ1v) is 14.3. The van der Waals surface area contributed by atoms with Crippen LogP contribution >= 0.6 is 0 Å². The van der Waals surface area contributed by atoms with Crippen molar-refractivity contribution in [3.8, 4) is 0 Å². The minimum atomic E-state index is -3.64. The second-order valence-corrected chi connectivity index (χ2v) is 12.9. The number of rotatable bonds is 9. The average molecular weight is 536 g/mol. The molecule has 0 radical (unpaired) electrons. The molecule has 0 saturated carbocycles. The highest BCUT2D eigenvalue weighted by Crippen LogP contribution is 2.38. The molecule has 3 rings (SSSR count). The highest BCUT2D eigenvalue weighted by Gasteiger charge is 2.52. The van der Waals surface area contributed by atoms with Gasteiger partial charge in [-0.05, 0) is 52.5 Å². The van der Waals surface area contributed by atoms with Crippen LogP contribution in [0.3, 0.4) is 0 Å². The molecule has 11 heteroatoms. The predicted molar refractivity (Wildman–Crippen MR) is 146 cm³/mol. The van der Waals surface area contributed by atoms with E-state index in [9.17, 15) is 17.6 Å². The van der Waals surface area contributed by atoms with E-state index in [1.807, 2.05) is 41.5 Å². The summed E-state index contributed by atoms with van der Waals surface area (Å²) in [4.78, 5) is 12.9. The molecule has 0 unspecified atom stereocenters. The number of nitrogens with one attached hydrogen (secondary N) is 1. The zero-order valence-corrected chi connectivity index (χ0v) is 24.0. The standard InChI is InChI=1S/C26H38BFN2O6S/c1-16(2)13-17(28)11-10-12-21-23(24(31)29-7)18-14-19(27-35-25(3,4)26(5,6)36-27)20(15-22(18)34-21)30(8)37(9,32)33/h13-16H,10-12H2,1-9H3,(H,29,31)/b17-13+. The third-order valence-electron chi connectivity index (χ3n) is 7.04. The number of hydrogen-bond acceptors (Lipinski definition) is 6. The number of allylic oxidation sites excluding steroid dienone is 2. The summed E-state index contributed by atoms with van der Waals surface area (Å²) in [7, 11) is -1.55. The Hall–Kier alpha value is -2.37. The zero-order chi connectivity index (χ0) is 27.9. The fourth-order valence-electron chi connectivity index (χ4n) is 4.22. The van der Waals surface area contributed by atoms with E-state index in [2.05, 4.69) is 5.32 Å². The van der Waals surface area contributed by atoms with E-state index in [0.29, 0.717) is 46.3 Å². The summed E-state index contributed by atoms with van der Waals surface area (Å²) in [6, 6.07) is 3.29. The number of hydrogen-bond donors (Lipinski definition) is 1. The summed E-state index contributed by atoms with van der Waals surface area (Å²) in [5, 5.41) is 3.15. The lowest BCUT2D eigenvalue weighted by Gasteiger charge is -2.32. The number of anilines is 1. The number of benzene rings is 1. The van der Waals surface area contributed by atoms with Crippen LogP contribution in [-0.4, -0.2) is 53.0 Å². The molecule has 0 bridgehead atoms. The maximum Gasteiger partial charge on any atom is 0.497 e. The smallest absolute Gasteiger partial charge is 0.460 e. The van der Waals surface area contributed by atoms with Gasteiger partial charge in [-0.25, -0.2) is 12.8 Å². The van der Waals surface area contributed by atoms with Crippen molar-refractivity contribution >= 4 is 45.2 Å². The maximum absolute atomic E-state index is 14.2. The van der Waals surface area contributed by atoms with Gasteiger partial charge in [0, 0.05) is 37.4 Å². The molecule has 0 spiro atoms. The third kappa shape index (κ3) is 6.04. The van der Waals surface area contributed by atoms with E-state index in [1.165, 1.54) is 14.1 Å². The first kappa shape index (κ1) is 29.2. The van der Waals surface area contributed by atoms with Crippen LogP contribution in [0.5, 0.6) is 0 Å². The number of halogens is 1. The number of carbonyl (C=O) groups excluding carboxylic acids is 1. The number of amides is 1. The Balaban J connectivity index is 2.16. The van der Waals surface area contributed by atoms with Crippen molar-refractivity contribution in [2.45, 2.75) is 72.0 Å². The van der Waals surface area contributed by atoms with Crippen LogP contribution in [0.2, 0.25) is 0 Å². The fraction of sp³-hybridized carbons (Fsp3) is 0.577. The van der Waals surface area contributed by atoms with Gasteiger partial charge >= 0.3 is 7.12 Å². The molecule has 1 aromatic heterocycles. The molecule has 1 saturated heterocycles. The maximum atomic E-state index is 14.2. The lowest BCUT2D eigenvalue weighted by molar-refractivity contribution is 0.00578. The Labute approximate surface area is 219 Å². The molecule has 1 aromatic carbocycles. The topological polar surface area (TPSA) is 98.1 Å². The Bertz CT molecular complexity index is 1300. The molecule has 1 aliphatic heterocycles. The molecule has 2 heterocycles. The van der Waals surface area contributed by atoms with Gasteiger partial charge in [0.2, 0.25) is 10.0 Å². The average Bonchev–Trinajstić information content (AvgIpc) is 3.22. The lowest BCUT2D eigenvalue weighted by Crippen LogP contribution is -2.41. The van der Waals surface area contributed by atoms with Gasteiger partial charge in [0.25, 0.3) is 5.91 Å². The normalized spacial score (nSPS) is 17.6. The van der Waals surface area contributed by atoms with Gasteiger partial charge in [0.05, 0.1) is 34.5 Å². The summed E-state index contributed by atoms with van der Waals surface area (Å²) in [6.45, 7) is 11.4. The number of aryl methyl sites for hydroxylation is 1. The van der Waals surface area contributed by atoms with Gasteiger partial charge in [0.15, 0.2) is 0 Å². The molecule has 1 amide bonds. The van der Waals surface area contributed by atoms with E-state index in [0.717, 1.165) is 10.6 Å². The number of furan rings is 1. The molecule has 2 aromatic rings. The van der Waals surface area contributed by atoms with Crippen molar-refractivity contribution in [2.24, 2.45) is 5.92 Å². The fourth-order valence-corrected chi connectivity index (χ4v) is 4.74. The summed E-state index contributed by atoms with van der Waals surface area (Å²) in [5.41, 5.74) is 0.138. The van der Waals surface area contributed by atoms with Crippen LogP contribution in [0.25, 0.3) is 11.0 Å². The van der Waals surface area contributed by atoms with Gasteiger partial charge in [-0.3, -0.25) is 9.10 Å². The van der Waals surface area contributed by atoms with Crippen molar-refractivity contribution in [1.82, 2.24) is 5.32 Å². The molecule has 0 aliphatic carbocycles. The number of sulfonamides is 1. The summed E-state index contributed by atoms with van der Waals surface area (Å²) < 4.78 is 58.9. The second kappa shape index (κ2) is 10.4. The zero-order valence-electron chi connectivity index (χ0n) is 23.2. The largest absolute Gasteiger partial charge is 0.497 e. The van der Waals surface area contributed by atoms with Gasteiger partial charge in [0.1, 0.15) is 11.3 Å². The van der Waals surface area contributed by atoms with Crippen molar-refractivity contribution in [3.63, 3.8) is 0 Å². The SMILES string of the molecule is CNC(=O)c1c(CCC/C(F)=C\C(C)C)oc2cc(N(C)S(C)(=O)=O)c(B3OC(C)(C)C(C)(C)O3)cc12. The molecular weight excluding hydrogens is 498 g/mol. The first-order chi connectivity index (χ1) is 17.0. The second-order valence-electron chi connectivity index (χ2n) is 10.9. The van der Waals surface area contributed by atoms with Crippen LogP contribution in [0.15, 0.2) is 28.5 Å². The molecule has 1 N–H and O–H groups in total.